The highest BCUT2D eigenvalue weighted by atomic mass is 16.5. The van der Waals surface area contributed by atoms with E-state index in [1.165, 1.54) is 13.5 Å². The maximum Gasteiger partial charge on any atom is 0.338 e. The first-order valence-corrected chi connectivity index (χ1v) is 13.7. The second kappa shape index (κ2) is 14.2. The number of carbonyl (C=O) groups excluding carboxylic acids is 3. The molecule has 4 rings (SSSR count). The highest BCUT2D eigenvalue weighted by Crippen LogP contribution is 2.30. The van der Waals surface area contributed by atoms with Crippen LogP contribution in [-0.4, -0.2) is 44.7 Å². The molecule has 1 aliphatic heterocycles. The zero-order valence-electron chi connectivity index (χ0n) is 23.1. The fourth-order valence-electron chi connectivity index (χ4n) is 4.84. The quantitative estimate of drug-likeness (QED) is 0.339. The molecule has 8 heteroatoms. The van der Waals surface area contributed by atoms with Gasteiger partial charge in [-0.1, -0.05) is 54.6 Å². The Bertz CT molecular complexity index is 1300. The molecule has 8 nitrogen and oxygen atoms in total. The van der Waals surface area contributed by atoms with E-state index in [0.717, 1.165) is 37.2 Å². The summed E-state index contributed by atoms with van der Waals surface area (Å²) in [5.74, 6) is -0.986. The van der Waals surface area contributed by atoms with Crippen molar-refractivity contribution in [1.29, 1.82) is 0 Å². The molecule has 0 radical (unpaired) electrons. The minimum Gasteiger partial charge on any atom is -0.494 e. The highest BCUT2D eigenvalue weighted by molar-refractivity contribution is 5.91. The van der Waals surface area contributed by atoms with Gasteiger partial charge in [-0.05, 0) is 49.9 Å². The molecular weight excluding hydrogens is 508 g/mol. The van der Waals surface area contributed by atoms with Gasteiger partial charge in [0.15, 0.2) is 6.04 Å². The molecule has 0 bridgehead atoms. The molecule has 3 aromatic rings. The van der Waals surface area contributed by atoms with Crippen molar-refractivity contribution in [2.75, 3.05) is 31.7 Å². The number of ether oxygens (including phenoxy) is 3. The summed E-state index contributed by atoms with van der Waals surface area (Å²) in [6.07, 6.45) is 3.30. The van der Waals surface area contributed by atoms with Crippen LogP contribution in [0.25, 0.3) is 0 Å². The molecule has 1 heterocycles. The van der Waals surface area contributed by atoms with E-state index in [1.807, 2.05) is 61.5 Å². The van der Waals surface area contributed by atoms with Gasteiger partial charge in [-0.2, -0.15) is 0 Å². The number of methoxy groups -OCH3 is 1. The van der Waals surface area contributed by atoms with Crippen LogP contribution in [0.3, 0.4) is 0 Å². The number of esters is 2. The number of nitrogens with zero attached hydrogens (tertiary/aromatic N) is 1. The number of carbonyl (C=O) groups is 3. The SMILES string of the molecule is CCOc1cc(C(=O)OCc2ccccc2)ccc1CC(=O)NC(C(=O)OC)c1ccccc1N1CCCCC1. The van der Waals surface area contributed by atoms with Crippen molar-refractivity contribution in [3.63, 3.8) is 0 Å². The van der Waals surface area contributed by atoms with Crippen LogP contribution < -0.4 is 15.0 Å². The summed E-state index contributed by atoms with van der Waals surface area (Å²) < 4.78 is 16.3. The van der Waals surface area contributed by atoms with Crippen molar-refractivity contribution in [3.8, 4) is 5.75 Å². The Kier molecular flexibility index (Phi) is 10.2. The number of anilines is 1. The summed E-state index contributed by atoms with van der Waals surface area (Å²) in [5, 5.41) is 2.87. The second-order valence-electron chi connectivity index (χ2n) is 9.62. The second-order valence-corrected chi connectivity index (χ2v) is 9.62. The van der Waals surface area contributed by atoms with E-state index in [1.54, 1.807) is 18.2 Å². The topological polar surface area (TPSA) is 94.2 Å². The molecular formula is C32H36N2O6. The summed E-state index contributed by atoms with van der Waals surface area (Å²) >= 11 is 0. The molecule has 0 aromatic heterocycles. The molecule has 1 N–H and O–H groups in total. The van der Waals surface area contributed by atoms with Crippen LogP contribution in [0, 0.1) is 0 Å². The van der Waals surface area contributed by atoms with Crippen molar-refractivity contribution in [2.24, 2.45) is 0 Å². The third-order valence-electron chi connectivity index (χ3n) is 6.85. The van der Waals surface area contributed by atoms with Gasteiger partial charge in [-0.15, -0.1) is 0 Å². The average molecular weight is 545 g/mol. The van der Waals surface area contributed by atoms with Crippen LogP contribution in [0.4, 0.5) is 5.69 Å². The summed E-state index contributed by atoms with van der Waals surface area (Å²) in [5.41, 5.74) is 3.42. The van der Waals surface area contributed by atoms with Gasteiger partial charge in [0.25, 0.3) is 0 Å². The molecule has 210 valence electrons. The van der Waals surface area contributed by atoms with Crippen LogP contribution in [-0.2, 0) is 32.1 Å². The predicted molar refractivity (Wildman–Crippen MR) is 152 cm³/mol. The highest BCUT2D eigenvalue weighted by Gasteiger charge is 2.28. The Labute approximate surface area is 235 Å². The zero-order chi connectivity index (χ0) is 28.3. The van der Waals surface area contributed by atoms with E-state index in [2.05, 4.69) is 10.2 Å². The van der Waals surface area contributed by atoms with E-state index in [4.69, 9.17) is 14.2 Å². The van der Waals surface area contributed by atoms with Crippen molar-refractivity contribution in [2.45, 2.75) is 45.3 Å². The molecule has 3 aromatic carbocycles. The number of benzene rings is 3. The van der Waals surface area contributed by atoms with E-state index < -0.39 is 18.0 Å². The van der Waals surface area contributed by atoms with Crippen LogP contribution in [0.1, 0.15) is 59.3 Å². The maximum atomic E-state index is 13.3. The molecule has 1 unspecified atom stereocenters. The molecule has 1 atom stereocenters. The van der Waals surface area contributed by atoms with E-state index in [-0.39, 0.29) is 18.9 Å². The number of piperidine rings is 1. The van der Waals surface area contributed by atoms with Gasteiger partial charge in [0.2, 0.25) is 5.91 Å². The summed E-state index contributed by atoms with van der Waals surface area (Å²) in [7, 11) is 1.31. The van der Waals surface area contributed by atoms with Crippen LogP contribution >= 0.6 is 0 Å². The zero-order valence-corrected chi connectivity index (χ0v) is 23.1. The Balaban J connectivity index is 1.49. The maximum absolute atomic E-state index is 13.3. The summed E-state index contributed by atoms with van der Waals surface area (Å²) in [6, 6.07) is 21.0. The van der Waals surface area contributed by atoms with Gasteiger partial charge in [0.05, 0.1) is 25.7 Å². The van der Waals surface area contributed by atoms with Crippen molar-refractivity contribution in [3.05, 3.63) is 95.1 Å². The van der Waals surface area contributed by atoms with Crippen molar-refractivity contribution < 1.29 is 28.6 Å². The summed E-state index contributed by atoms with van der Waals surface area (Å²) in [4.78, 5) is 41.0. The first-order valence-electron chi connectivity index (χ1n) is 13.7. The van der Waals surface area contributed by atoms with Gasteiger partial charge in [-0.3, -0.25) is 4.79 Å². The average Bonchev–Trinajstić information content (AvgIpc) is 3.00. The van der Waals surface area contributed by atoms with Crippen LogP contribution in [0.2, 0.25) is 0 Å². The number of hydrogen-bond donors (Lipinski definition) is 1. The van der Waals surface area contributed by atoms with Gasteiger partial charge in [-0.25, -0.2) is 9.59 Å². The first kappa shape index (κ1) is 28.7. The third-order valence-corrected chi connectivity index (χ3v) is 6.85. The molecule has 1 aliphatic rings. The van der Waals surface area contributed by atoms with Gasteiger partial charge in [0.1, 0.15) is 12.4 Å². The smallest absolute Gasteiger partial charge is 0.338 e. The minimum atomic E-state index is -0.960. The molecule has 1 amide bonds. The Morgan fingerprint density at radius 3 is 2.38 bits per heavy atom. The lowest BCUT2D eigenvalue weighted by Crippen LogP contribution is -2.37. The lowest BCUT2D eigenvalue weighted by Gasteiger charge is -2.32. The van der Waals surface area contributed by atoms with E-state index >= 15 is 0 Å². The Morgan fingerprint density at radius 2 is 1.65 bits per heavy atom. The lowest BCUT2D eigenvalue weighted by molar-refractivity contribution is -0.145. The molecule has 1 saturated heterocycles. The standard InChI is InChI=1S/C32H36N2O6/c1-3-39-28-20-25(31(36)40-22-23-12-6-4-7-13-23)17-16-24(28)21-29(35)33-30(32(37)38-2)26-14-8-9-15-27(26)34-18-10-5-11-19-34/h4,6-9,12-17,20,30H,3,5,10-11,18-19,21-22H2,1-2H3,(H,33,35). The van der Waals surface area contributed by atoms with Crippen molar-refractivity contribution in [1.82, 2.24) is 5.32 Å². The third kappa shape index (κ3) is 7.40. The van der Waals surface area contributed by atoms with E-state index in [9.17, 15) is 14.4 Å². The number of amides is 1. The Morgan fingerprint density at radius 1 is 0.925 bits per heavy atom. The lowest BCUT2D eigenvalue weighted by atomic mass is 10.0. The number of rotatable bonds is 11. The number of nitrogens with one attached hydrogen (secondary N) is 1. The molecule has 1 fully saturated rings. The van der Waals surface area contributed by atoms with Gasteiger partial charge >= 0.3 is 11.9 Å². The fraction of sp³-hybridized carbons (Fsp3) is 0.344. The predicted octanol–water partition coefficient (Wildman–Crippen LogP) is 5.01. The molecule has 0 saturated carbocycles. The Hall–Kier alpha value is -4.33. The monoisotopic (exact) mass is 544 g/mol. The van der Waals surface area contributed by atoms with Gasteiger partial charge < -0.3 is 24.4 Å². The number of hydrogen-bond acceptors (Lipinski definition) is 7. The normalized spacial score (nSPS) is 13.7. The fourth-order valence-corrected chi connectivity index (χ4v) is 4.84. The first-order chi connectivity index (χ1) is 19.5. The van der Waals surface area contributed by atoms with Gasteiger partial charge in [0, 0.05) is 29.9 Å². The van der Waals surface area contributed by atoms with Crippen LogP contribution in [0.5, 0.6) is 5.75 Å². The molecule has 0 spiro atoms. The molecule has 0 aliphatic carbocycles. The minimum absolute atomic E-state index is 0.0476. The van der Waals surface area contributed by atoms with Crippen molar-refractivity contribution >= 4 is 23.5 Å². The number of para-hydroxylation sites is 1. The van der Waals surface area contributed by atoms with Crippen LogP contribution in [0.15, 0.2) is 72.8 Å². The molecule has 40 heavy (non-hydrogen) atoms. The largest absolute Gasteiger partial charge is 0.494 e. The summed E-state index contributed by atoms with van der Waals surface area (Å²) in [6.45, 7) is 4.13. The van der Waals surface area contributed by atoms with E-state index in [0.29, 0.717) is 29.0 Å².